The molecule has 0 saturated heterocycles. The zero-order valence-electron chi connectivity index (χ0n) is 15.1. The fourth-order valence-electron chi connectivity index (χ4n) is 3.07. The minimum atomic E-state index is -0.00337. The Kier molecular flexibility index (Phi) is 5.28. The smallest absolute Gasteiger partial charge is 0.253 e. The molecule has 1 heterocycles. The minimum Gasteiger partial charge on any atom is -0.354 e. The Morgan fingerprint density at radius 1 is 0.815 bits per heavy atom. The van der Waals surface area contributed by atoms with Crippen LogP contribution >= 0.6 is 12.4 Å². The van der Waals surface area contributed by atoms with E-state index in [2.05, 4.69) is 17.4 Å². The highest BCUT2D eigenvalue weighted by Crippen LogP contribution is 2.32. The topological polar surface area (TPSA) is 45.2 Å². The zero-order valence-corrected chi connectivity index (χ0v) is 16.0. The monoisotopic (exact) mass is 377 g/mol. The van der Waals surface area contributed by atoms with Crippen molar-refractivity contribution in [2.24, 2.45) is 0 Å². The molecule has 0 radical (unpaired) electrons. The summed E-state index contributed by atoms with van der Waals surface area (Å²) in [6.07, 6.45) is 0. The van der Waals surface area contributed by atoms with Gasteiger partial charge in [0, 0.05) is 36.1 Å². The fraction of sp³-hybridized carbons (Fsp3) is 0.0909. The van der Waals surface area contributed by atoms with Gasteiger partial charge in [-0.05, 0) is 36.4 Å². The number of para-hydroxylation sites is 2. The van der Waals surface area contributed by atoms with Crippen LogP contribution in [0.15, 0.2) is 72.8 Å². The lowest BCUT2D eigenvalue weighted by molar-refractivity contribution is 0.0827. The number of amides is 1. The van der Waals surface area contributed by atoms with Crippen LogP contribution in [-0.2, 0) is 0 Å². The largest absolute Gasteiger partial charge is 0.354 e. The summed E-state index contributed by atoms with van der Waals surface area (Å²) in [5.74, 6) is -0.00337. The number of rotatable bonds is 3. The van der Waals surface area contributed by atoms with Crippen LogP contribution < -0.4 is 5.32 Å². The van der Waals surface area contributed by atoms with E-state index < -0.39 is 0 Å². The van der Waals surface area contributed by atoms with Crippen molar-refractivity contribution >= 4 is 51.5 Å². The van der Waals surface area contributed by atoms with Gasteiger partial charge >= 0.3 is 0 Å². The first kappa shape index (κ1) is 18.7. The predicted molar refractivity (Wildman–Crippen MR) is 114 cm³/mol. The minimum absolute atomic E-state index is 0. The predicted octanol–water partition coefficient (Wildman–Crippen LogP) is 5.26. The summed E-state index contributed by atoms with van der Waals surface area (Å²) in [6, 6.07) is 23.8. The van der Waals surface area contributed by atoms with Crippen LogP contribution in [0.4, 0.5) is 11.4 Å². The SMILES string of the molecule is CN(C)C(=O)c1ccc(Nc2c3ccccc3nc3ccccc23)cc1.Cl. The Morgan fingerprint density at radius 3 is 1.85 bits per heavy atom. The standard InChI is InChI=1S/C22H19N3O.ClH/c1-25(2)22(26)15-11-13-16(14-12-15)23-21-17-7-3-5-9-19(17)24-20-10-6-4-8-18(20)21;/h3-14H,1-2H3,(H,23,24);1H. The average Bonchev–Trinajstić information content (AvgIpc) is 2.67. The molecular formula is C22H20ClN3O. The Labute approximate surface area is 164 Å². The van der Waals surface area contributed by atoms with Gasteiger partial charge in [0.25, 0.3) is 5.91 Å². The summed E-state index contributed by atoms with van der Waals surface area (Å²) in [5, 5.41) is 5.66. The second kappa shape index (κ2) is 7.64. The van der Waals surface area contributed by atoms with Crippen LogP contribution in [0.2, 0.25) is 0 Å². The van der Waals surface area contributed by atoms with Gasteiger partial charge in [-0.15, -0.1) is 12.4 Å². The van der Waals surface area contributed by atoms with Gasteiger partial charge in [-0.2, -0.15) is 0 Å². The van der Waals surface area contributed by atoms with Crippen molar-refractivity contribution < 1.29 is 4.79 Å². The maximum Gasteiger partial charge on any atom is 0.253 e. The van der Waals surface area contributed by atoms with E-state index in [4.69, 9.17) is 4.98 Å². The zero-order chi connectivity index (χ0) is 18.1. The Morgan fingerprint density at radius 2 is 1.33 bits per heavy atom. The second-order valence-corrected chi connectivity index (χ2v) is 6.42. The third-order valence-electron chi connectivity index (χ3n) is 4.40. The molecule has 4 nitrogen and oxygen atoms in total. The van der Waals surface area contributed by atoms with Crippen molar-refractivity contribution in [3.8, 4) is 0 Å². The van der Waals surface area contributed by atoms with Gasteiger partial charge in [0.15, 0.2) is 0 Å². The molecule has 3 aromatic carbocycles. The van der Waals surface area contributed by atoms with Gasteiger partial charge in [-0.3, -0.25) is 4.79 Å². The summed E-state index contributed by atoms with van der Waals surface area (Å²) in [7, 11) is 3.51. The number of nitrogens with zero attached hydrogens (tertiary/aromatic N) is 2. The molecule has 0 saturated carbocycles. The lowest BCUT2D eigenvalue weighted by atomic mass is 10.1. The first-order valence-corrected chi connectivity index (χ1v) is 8.50. The molecule has 0 bridgehead atoms. The number of hydrogen-bond acceptors (Lipinski definition) is 3. The Bertz CT molecular complexity index is 1050. The first-order chi connectivity index (χ1) is 12.6. The number of halogens is 1. The number of fused-ring (bicyclic) bond motifs is 2. The first-order valence-electron chi connectivity index (χ1n) is 8.50. The Hall–Kier alpha value is -3.11. The number of carbonyl (C=O) groups excluding carboxylic acids is 1. The molecule has 0 fully saturated rings. The molecule has 1 amide bonds. The van der Waals surface area contributed by atoms with Gasteiger partial charge < -0.3 is 10.2 Å². The molecule has 136 valence electrons. The maximum absolute atomic E-state index is 12.1. The lowest BCUT2D eigenvalue weighted by Gasteiger charge is -2.14. The van der Waals surface area contributed by atoms with Gasteiger partial charge in [0.2, 0.25) is 0 Å². The van der Waals surface area contributed by atoms with Crippen molar-refractivity contribution in [1.82, 2.24) is 9.88 Å². The van der Waals surface area contributed by atoms with E-state index in [1.807, 2.05) is 60.7 Å². The van der Waals surface area contributed by atoms with E-state index >= 15 is 0 Å². The number of carbonyl (C=O) groups is 1. The molecule has 1 N–H and O–H groups in total. The summed E-state index contributed by atoms with van der Waals surface area (Å²) in [6.45, 7) is 0. The summed E-state index contributed by atoms with van der Waals surface area (Å²) in [5.41, 5.74) is 4.53. The molecule has 1 aromatic heterocycles. The van der Waals surface area contributed by atoms with Crippen LogP contribution in [-0.4, -0.2) is 29.9 Å². The average molecular weight is 378 g/mol. The summed E-state index contributed by atoms with van der Waals surface area (Å²) in [4.78, 5) is 18.4. The molecule has 0 atom stereocenters. The normalized spacial score (nSPS) is 10.4. The van der Waals surface area contributed by atoms with Crippen LogP contribution in [0.3, 0.4) is 0 Å². The molecule has 0 aliphatic rings. The van der Waals surface area contributed by atoms with E-state index in [1.165, 1.54) is 0 Å². The van der Waals surface area contributed by atoms with E-state index in [0.29, 0.717) is 5.56 Å². The molecular weight excluding hydrogens is 358 g/mol. The van der Waals surface area contributed by atoms with Gasteiger partial charge in [-0.1, -0.05) is 36.4 Å². The van der Waals surface area contributed by atoms with Crippen LogP contribution in [0.1, 0.15) is 10.4 Å². The van der Waals surface area contributed by atoms with Crippen molar-refractivity contribution in [2.75, 3.05) is 19.4 Å². The van der Waals surface area contributed by atoms with E-state index in [9.17, 15) is 4.79 Å². The summed E-state index contributed by atoms with van der Waals surface area (Å²) < 4.78 is 0. The number of benzene rings is 3. The molecule has 4 rings (SSSR count). The number of pyridine rings is 1. The third kappa shape index (κ3) is 3.57. The third-order valence-corrected chi connectivity index (χ3v) is 4.40. The quantitative estimate of drug-likeness (QED) is 0.495. The van der Waals surface area contributed by atoms with E-state index in [0.717, 1.165) is 33.2 Å². The number of anilines is 2. The Balaban J connectivity index is 0.00000210. The van der Waals surface area contributed by atoms with Gasteiger partial charge in [-0.25, -0.2) is 4.98 Å². The van der Waals surface area contributed by atoms with Crippen molar-refractivity contribution in [3.05, 3.63) is 78.4 Å². The highest BCUT2D eigenvalue weighted by Gasteiger charge is 2.10. The molecule has 0 unspecified atom stereocenters. The summed E-state index contributed by atoms with van der Waals surface area (Å²) >= 11 is 0. The van der Waals surface area contributed by atoms with E-state index in [-0.39, 0.29) is 18.3 Å². The number of nitrogens with one attached hydrogen (secondary N) is 1. The fourth-order valence-corrected chi connectivity index (χ4v) is 3.07. The van der Waals surface area contributed by atoms with Gasteiger partial charge in [0.05, 0.1) is 16.7 Å². The highest BCUT2D eigenvalue weighted by atomic mass is 35.5. The van der Waals surface area contributed by atoms with E-state index in [1.54, 1.807) is 19.0 Å². The van der Waals surface area contributed by atoms with Crippen LogP contribution in [0.5, 0.6) is 0 Å². The van der Waals surface area contributed by atoms with Crippen molar-refractivity contribution in [1.29, 1.82) is 0 Å². The highest BCUT2D eigenvalue weighted by molar-refractivity contribution is 6.08. The van der Waals surface area contributed by atoms with Gasteiger partial charge in [0.1, 0.15) is 0 Å². The number of aromatic nitrogens is 1. The number of hydrogen-bond donors (Lipinski definition) is 1. The molecule has 0 aliphatic carbocycles. The van der Waals surface area contributed by atoms with Crippen LogP contribution in [0.25, 0.3) is 21.8 Å². The van der Waals surface area contributed by atoms with Crippen molar-refractivity contribution in [2.45, 2.75) is 0 Å². The molecule has 0 aliphatic heterocycles. The van der Waals surface area contributed by atoms with Crippen molar-refractivity contribution in [3.63, 3.8) is 0 Å². The molecule has 0 spiro atoms. The second-order valence-electron chi connectivity index (χ2n) is 6.42. The molecule has 5 heteroatoms. The molecule has 27 heavy (non-hydrogen) atoms. The lowest BCUT2D eigenvalue weighted by Crippen LogP contribution is -2.21. The molecule has 4 aromatic rings. The van der Waals surface area contributed by atoms with Crippen LogP contribution in [0, 0.1) is 0 Å². The maximum atomic E-state index is 12.1.